The van der Waals surface area contributed by atoms with E-state index in [4.69, 9.17) is 10.5 Å². The number of benzene rings is 2. The van der Waals surface area contributed by atoms with Gasteiger partial charge in [-0.25, -0.2) is 4.79 Å². The summed E-state index contributed by atoms with van der Waals surface area (Å²) in [6.45, 7) is 7.50. The van der Waals surface area contributed by atoms with Crippen LogP contribution in [0.15, 0.2) is 59.6 Å². The van der Waals surface area contributed by atoms with Crippen molar-refractivity contribution in [3.8, 4) is 0 Å². The number of aryl methyl sites for hydroxylation is 1. The zero-order valence-electron chi connectivity index (χ0n) is 23.1. The van der Waals surface area contributed by atoms with Crippen LogP contribution in [0.4, 0.5) is 4.79 Å². The molecule has 1 heterocycles. The molecule has 3 atom stereocenters. The predicted octanol–water partition coefficient (Wildman–Crippen LogP) is 4.21. The molecule has 38 heavy (non-hydrogen) atoms. The van der Waals surface area contributed by atoms with E-state index in [9.17, 15) is 14.4 Å². The average molecular weight is 521 g/mol. The summed E-state index contributed by atoms with van der Waals surface area (Å²) in [4.78, 5) is 44.8. The van der Waals surface area contributed by atoms with Gasteiger partial charge in [-0.2, -0.15) is 0 Å². The molecular formula is C30H40N4O4. The second-order valence-corrected chi connectivity index (χ2v) is 10.8. The van der Waals surface area contributed by atoms with Crippen LogP contribution in [0, 0.1) is 0 Å². The second kappa shape index (κ2) is 12.7. The third-order valence-electron chi connectivity index (χ3n) is 6.80. The Bertz CT molecular complexity index is 1140. The van der Waals surface area contributed by atoms with Gasteiger partial charge in [0.05, 0.1) is 6.04 Å². The number of carbonyl (C=O) groups is 3. The fourth-order valence-corrected chi connectivity index (χ4v) is 4.63. The van der Waals surface area contributed by atoms with Crippen molar-refractivity contribution in [3.05, 3.63) is 71.3 Å². The molecule has 3 rings (SSSR count). The van der Waals surface area contributed by atoms with Crippen molar-refractivity contribution in [3.63, 3.8) is 0 Å². The van der Waals surface area contributed by atoms with Gasteiger partial charge in [0.1, 0.15) is 17.5 Å². The lowest BCUT2D eigenvalue weighted by atomic mass is 9.85. The fraction of sp³-hybridized carbons (Fsp3) is 0.467. The topological polar surface area (TPSA) is 114 Å². The van der Waals surface area contributed by atoms with Crippen LogP contribution >= 0.6 is 0 Å². The maximum Gasteiger partial charge on any atom is 0.410 e. The van der Waals surface area contributed by atoms with Gasteiger partial charge in [0, 0.05) is 25.6 Å². The number of amides is 2. The first kappa shape index (κ1) is 28.9. The number of aliphatic imine (C=N–C) groups is 1. The number of rotatable bonds is 8. The summed E-state index contributed by atoms with van der Waals surface area (Å²) in [5.41, 5.74) is 8.13. The van der Waals surface area contributed by atoms with Crippen molar-refractivity contribution < 1.29 is 19.1 Å². The van der Waals surface area contributed by atoms with Crippen molar-refractivity contribution in [2.45, 2.75) is 77.0 Å². The molecule has 1 saturated heterocycles. The van der Waals surface area contributed by atoms with Crippen molar-refractivity contribution in [2.75, 3.05) is 13.6 Å². The molecule has 1 fully saturated rings. The van der Waals surface area contributed by atoms with E-state index in [1.807, 2.05) is 54.6 Å². The highest BCUT2D eigenvalue weighted by molar-refractivity contribution is 5.97. The van der Waals surface area contributed by atoms with Crippen LogP contribution in [0.3, 0.4) is 0 Å². The first-order valence-corrected chi connectivity index (χ1v) is 13.2. The molecule has 0 saturated carbocycles. The number of hydrogen-bond donors (Lipinski definition) is 2. The summed E-state index contributed by atoms with van der Waals surface area (Å²) in [5.74, 6) is 0.181. The molecule has 8 heteroatoms. The van der Waals surface area contributed by atoms with Gasteiger partial charge in [0.2, 0.25) is 5.91 Å². The van der Waals surface area contributed by atoms with Crippen molar-refractivity contribution >= 4 is 23.6 Å². The number of hydrogen-bond acceptors (Lipinski definition) is 5. The Labute approximate surface area is 225 Å². The normalized spacial score (nSPS) is 19.0. The second-order valence-electron chi connectivity index (χ2n) is 10.8. The number of nitrogens with one attached hydrogen (secondary N) is 1. The molecule has 3 N–H and O–H groups in total. The van der Waals surface area contributed by atoms with Crippen molar-refractivity contribution in [1.29, 1.82) is 0 Å². The molecule has 0 aliphatic carbocycles. The molecular weight excluding hydrogens is 480 g/mol. The van der Waals surface area contributed by atoms with Crippen LogP contribution in [0.25, 0.3) is 0 Å². The molecule has 2 amide bonds. The molecule has 1 aliphatic heterocycles. The quantitative estimate of drug-likeness (QED) is 0.400. The SMILES string of the molecule is CN=C(N)c1ccc(CCC(=O)[C@H](C)NC(=O)[C@H]2C[C@@H](c3ccccc3)CCN2C(=O)OC(C)(C)C)cc1. The zero-order valence-corrected chi connectivity index (χ0v) is 23.1. The molecule has 8 nitrogen and oxygen atoms in total. The van der Waals surface area contributed by atoms with E-state index in [1.54, 1.807) is 34.7 Å². The van der Waals surface area contributed by atoms with E-state index in [-0.39, 0.29) is 24.0 Å². The standard InChI is InChI=1S/C30H40N4O4/c1-20(26(35)16-13-21-11-14-23(15-12-21)27(31)32-5)33-28(36)25-19-24(22-9-7-6-8-10-22)17-18-34(25)29(37)38-30(2,3)4/h6-12,14-15,20,24-25H,13,16-19H2,1-5H3,(H2,31,32)(H,33,36)/t20-,24-,25+/m0/s1. The fourth-order valence-electron chi connectivity index (χ4n) is 4.63. The van der Waals surface area contributed by atoms with Crippen LogP contribution in [0.2, 0.25) is 0 Å². The van der Waals surface area contributed by atoms with E-state index >= 15 is 0 Å². The zero-order chi connectivity index (χ0) is 27.9. The molecule has 1 aliphatic rings. The molecule has 0 radical (unpaired) electrons. The van der Waals surface area contributed by atoms with E-state index in [2.05, 4.69) is 10.3 Å². The van der Waals surface area contributed by atoms with E-state index in [0.29, 0.717) is 25.2 Å². The van der Waals surface area contributed by atoms with E-state index < -0.39 is 23.8 Å². The molecule has 0 aromatic heterocycles. The average Bonchev–Trinajstić information content (AvgIpc) is 2.90. The lowest BCUT2D eigenvalue weighted by Gasteiger charge is -2.39. The summed E-state index contributed by atoms with van der Waals surface area (Å²) in [5, 5.41) is 2.87. The van der Waals surface area contributed by atoms with Gasteiger partial charge >= 0.3 is 6.09 Å². The minimum absolute atomic E-state index is 0.0729. The Morgan fingerprint density at radius 1 is 1.11 bits per heavy atom. The Morgan fingerprint density at radius 2 is 1.76 bits per heavy atom. The number of nitrogens with two attached hydrogens (primary N) is 1. The highest BCUT2D eigenvalue weighted by Crippen LogP contribution is 2.32. The Hall–Kier alpha value is -3.68. The summed E-state index contributed by atoms with van der Waals surface area (Å²) < 4.78 is 5.59. The van der Waals surface area contributed by atoms with Crippen LogP contribution in [0.1, 0.15) is 69.6 Å². The predicted molar refractivity (Wildman–Crippen MR) is 149 cm³/mol. The maximum absolute atomic E-state index is 13.4. The number of Topliss-reactive ketones (excluding diaryl/α,β-unsaturated/α-hetero) is 1. The Kier molecular flexibility index (Phi) is 9.66. The number of nitrogens with zero attached hydrogens (tertiary/aromatic N) is 2. The molecule has 2 aromatic rings. The summed E-state index contributed by atoms with van der Waals surface area (Å²) in [7, 11) is 1.64. The summed E-state index contributed by atoms with van der Waals surface area (Å²) in [6, 6.07) is 16.2. The number of likely N-dealkylation sites (tertiary alicyclic amines) is 1. The number of ether oxygens (including phenoxy) is 1. The van der Waals surface area contributed by atoms with Gasteiger partial charge in [-0.05, 0) is 64.0 Å². The first-order chi connectivity index (χ1) is 18.0. The third-order valence-corrected chi connectivity index (χ3v) is 6.80. The van der Waals surface area contributed by atoms with Crippen molar-refractivity contribution in [1.82, 2.24) is 10.2 Å². The Balaban J connectivity index is 1.65. The molecule has 204 valence electrons. The van der Waals surface area contributed by atoms with Gasteiger partial charge in [-0.1, -0.05) is 54.6 Å². The van der Waals surface area contributed by atoms with Crippen molar-refractivity contribution in [2.24, 2.45) is 10.7 Å². The summed E-state index contributed by atoms with van der Waals surface area (Å²) in [6.07, 6.45) is 1.51. The largest absolute Gasteiger partial charge is 0.444 e. The van der Waals surface area contributed by atoms with Crippen LogP contribution < -0.4 is 11.1 Å². The minimum atomic E-state index is -0.725. The van der Waals surface area contributed by atoms with Gasteiger partial charge in [-0.3, -0.25) is 19.5 Å². The van der Waals surface area contributed by atoms with E-state index in [1.165, 1.54) is 4.90 Å². The molecule has 0 unspecified atom stereocenters. The maximum atomic E-state index is 13.4. The molecule has 0 spiro atoms. The highest BCUT2D eigenvalue weighted by atomic mass is 16.6. The monoisotopic (exact) mass is 520 g/mol. The van der Waals surface area contributed by atoms with Crippen LogP contribution in [-0.2, 0) is 20.7 Å². The molecule has 0 bridgehead atoms. The highest BCUT2D eigenvalue weighted by Gasteiger charge is 2.39. The number of carbonyl (C=O) groups excluding carboxylic acids is 3. The lowest BCUT2D eigenvalue weighted by Crippen LogP contribution is -2.56. The lowest BCUT2D eigenvalue weighted by molar-refractivity contribution is -0.131. The molecule has 2 aromatic carbocycles. The van der Waals surface area contributed by atoms with Gasteiger partial charge in [0.15, 0.2) is 5.78 Å². The summed E-state index contributed by atoms with van der Waals surface area (Å²) >= 11 is 0. The van der Waals surface area contributed by atoms with Crippen LogP contribution in [-0.4, -0.2) is 59.8 Å². The smallest absolute Gasteiger partial charge is 0.410 e. The third kappa shape index (κ3) is 7.91. The number of amidine groups is 1. The minimum Gasteiger partial charge on any atom is -0.444 e. The van der Waals surface area contributed by atoms with Crippen LogP contribution in [0.5, 0.6) is 0 Å². The van der Waals surface area contributed by atoms with Gasteiger partial charge in [-0.15, -0.1) is 0 Å². The Morgan fingerprint density at radius 3 is 2.37 bits per heavy atom. The van der Waals surface area contributed by atoms with E-state index in [0.717, 1.165) is 23.1 Å². The first-order valence-electron chi connectivity index (χ1n) is 13.2. The number of ketones is 1. The number of piperidine rings is 1. The van der Waals surface area contributed by atoms with Gasteiger partial charge < -0.3 is 15.8 Å². The van der Waals surface area contributed by atoms with Gasteiger partial charge in [0.25, 0.3) is 0 Å².